The van der Waals surface area contributed by atoms with Crippen LogP contribution in [0.2, 0.25) is 0 Å². The summed E-state index contributed by atoms with van der Waals surface area (Å²) in [6, 6.07) is 11.9. The molecular weight excluding hydrogens is 334 g/mol. The molecule has 2 aromatic carbocycles. The van der Waals surface area contributed by atoms with Gasteiger partial charge in [-0.05, 0) is 31.0 Å². The Morgan fingerprint density at radius 3 is 2.58 bits per heavy atom. The van der Waals surface area contributed by atoms with Crippen molar-refractivity contribution in [2.24, 2.45) is 5.10 Å². The number of para-hydroxylation sites is 2. The number of anilines is 1. The highest BCUT2D eigenvalue weighted by Crippen LogP contribution is 2.25. The average Bonchev–Trinajstić information content (AvgIpc) is 2.66. The van der Waals surface area contributed by atoms with Crippen LogP contribution in [0, 0.1) is 10.1 Å². The van der Waals surface area contributed by atoms with Gasteiger partial charge in [-0.2, -0.15) is 5.10 Å². The van der Waals surface area contributed by atoms with Gasteiger partial charge < -0.3 is 9.47 Å². The summed E-state index contributed by atoms with van der Waals surface area (Å²) in [5.41, 5.74) is 3.77. The summed E-state index contributed by atoms with van der Waals surface area (Å²) in [7, 11) is 0. The number of hydrogen-bond acceptors (Lipinski definition) is 6. The summed E-state index contributed by atoms with van der Waals surface area (Å²) < 4.78 is 11.4. The third-order valence-electron chi connectivity index (χ3n) is 3.41. The lowest BCUT2D eigenvalue weighted by Gasteiger charge is -2.11. The minimum atomic E-state index is -0.451. The molecule has 0 fully saturated rings. The van der Waals surface area contributed by atoms with Crippen molar-refractivity contribution < 1.29 is 14.4 Å². The fourth-order valence-electron chi connectivity index (χ4n) is 2.17. The Morgan fingerprint density at radius 2 is 1.85 bits per heavy atom. The molecule has 0 saturated heterocycles. The van der Waals surface area contributed by atoms with Crippen LogP contribution < -0.4 is 14.9 Å². The lowest BCUT2D eigenvalue weighted by atomic mass is 10.2. The molecule has 0 saturated carbocycles. The van der Waals surface area contributed by atoms with Crippen molar-refractivity contribution in [3.63, 3.8) is 0 Å². The van der Waals surface area contributed by atoms with Gasteiger partial charge in [-0.1, -0.05) is 26.0 Å². The molecule has 138 valence electrons. The zero-order valence-electron chi connectivity index (χ0n) is 15.0. The molecule has 0 radical (unpaired) electrons. The molecule has 1 N–H and O–H groups in total. The van der Waals surface area contributed by atoms with Crippen molar-refractivity contribution in [3.05, 3.63) is 58.1 Å². The fourth-order valence-corrected chi connectivity index (χ4v) is 2.17. The highest BCUT2D eigenvalue weighted by molar-refractivity contribution is 5.84. The monoisotopic (exact) mass is 357 g/mol. The van der Waals surface area contributed by atoms with Crippen LogP contribution >= 0.6 is 0 Å². The van der Waals surface area contributed by atoms with Crippen molar-refractivity contribution >= 4 is 17.6 Å². The van der Waals surface area contributed by atoms with E-state index >= 15 is 0 Å². The number of hydrazone groups is 1. The fraction of sp³-hybridized carbons (Fsp3) is 0.316. The maximum absolute atomic E-state index is 11.0. The van der Waals surface area contributed by atoms with E-state index in [1.54, 1.807) is 24.4 Å². The summed E-state index contributed by atoms with van der Waals surface area (Å²) in [6.07, 6.45) is 3.38. The van der Waals surface area contributed by atoms with Gasteiger partial charge in [0.25, 0.3) is 5.69 Å². The maximum Gasteiger partial charge on any atom is 0.294 e. The van der Waals surface area contributed by atoms with Gasteiger partial charge in [-0.25, -0.2) is 0 Å². The molecule has 26 heavy (non-hydrogen) atoms. The first-order valence-electron chi connectivity index (χ1n) is 8.57. The highest BCUT2D eigenvalue weighted by Gasteiger charge is 2.11. The van der Waals surface area contributed by atoms with Gasteiger partial charge in [-0.15, -0.1) is 0 Å². The molecule has 0 heterocycles. The topological polar surface area (TPSA) is 86.0 Å². The number of nitro groups is 1. The maximum atomic E-state index is 11.0. The SMILES string of the molecule is CCCOc1ccc(C=NNc2ccccc2[N+](=O)[O-])c(OCCC)c1. The summed E-state index contributed by atoms with van der Waals surface area (Å²) in [5, 5.41) is 15.1. The predicted octanol–water partition coefficient (Wildman–Crippen LogP) is 4.62. The van der Waals surface area contributed by atoms with Crippen molar-refractivity contribution in [1.29, 1.82) is 0 Å². The molecule has 0 amide bonds. The van der Waals surface area contributed by atoms with E-state index in [1.807, 2.05) is 32.0 Å². The zero-order valence-corrected chi connectivity index (χ0v) is 15.0. The number of hydrogen-bond donors (Lipinski definition) is 1. The number of nitrogens with zero attached hydrogens (tertiary/aromatic N) is 2. The second kappa shape index (κ2) is 10.0. The van der Waals surface area contributed by atoms with Crippen LogP contribution in [0.3, 0.4) is 0 Å². The first-order chi connectivity index (χ1) is 12.7. The van der Waals surface area contributed by atoms with E-state index in [0.29, 0.717) is 24.7 Å². The van der Waals surface area contributed by atoms with Gasteiger partial charge in [0.1, 0.15) is 17.2 Å². The summed E-state index contributed by atoms with van der Waals surface area (Å²) in [4.78, 5) is 10.6. The quantitative estimate of drug-likeness (QED) is 0.381. The Hall–Kier alpha value is -3.09. The number of rotatable bonds is 10. The molecule has 0 aliphatic rings. The molecule has 0 atom stereocenters. The van der Waals surface area contributed by atoms with E-state index < -0.39 is 4.92 Å². The van der Waals surface area contributed by atoms with Gasteiger partial charge in [0.15, 0.2) is 0 Å². The second-order valence-electron chi connectivity index (χ2n) is 5.54. The minimum absolute atomic E-state index is 0.0320. The molecule has 2 rings (SSSR count). The lowest BCUT2D eigenvalue weighted by Crippen LogP contribution is -2.02. The van der Waals surface area contributed by atoms with Gasteiger partial charge in [-0.3, -0.25) is 15.5 Å². The van der Waals surface area contributed by atoms with Gasteiger partial charge in [0.05, 0.1) is 24.4 Å². The van der Waals surface area contributed by atoms with Crippen molar-refractivity contribution in [2.45, 2.75) is 26.7 Å². The Kier molecular flexibility index (Phi) is 7.42. The van der Waals surface area contributed by atoms with Gasteiger partial charge in [0.2, 0.25) is 0 Å². The van der Waals surface area contributed by atoms with E-state index in [9.17, 15) is 10.1 Å². The molecule has 0 bridgehead atoms. The summed E-state index contributed by atoms with van der Waals surface area (Å²) >= 11 is 0. The van der Waals surface area contributed by atoms with Crippen molar-refractivity contribution in [2.75, 3.05) is 18.6 Å². The number of ether oxygens (including phenoxy) is 2. The van der Waals surface area contributed by atoms with E-state index in [4.69, 9.17) is 9.47 Å². The molecular formula is C19H23N3O4. The number of nitro benzene ring substituents is 1. The summed E-state index contributed by atoms with van der Waals surface area (Å²) in [6.45, 7) is 5.29. The summed E-state index contributed by atoms with van der Waals surface area (Å²) in [5.74, 6) is 1.40. The van der Waals surface area contributed by atoms with Crippen LogP contribution in [-0.4, -0.2) is 24.4 Å². The molecule has 0 aliphatic carbocycles. The first-order valence-corrected chi connectivity index (χ1v) is 8.57. The van der Waals surface area contributed by atoms with Gasteiger partial charge >= 0.3 is 0 Å². The van der Waals surface area contributed by atoms with Crippen molar-refractivity contribution in [3.8, 4) is 11.5 Å². The first kappa shape index (κ1) is 19.2. The second-order valence-corrected chi connectivity index (χ2v) is 5.54. The molecule has 0 unspecified atom stereocenters. The molecule has 7 heteroatoms. The Balaban J connectivity index is 2.16. The molecule has 0 aromatic heterocycles. The van der Waals surface area contributed by atoms with E-state index in [2.05, 4.69) is 10.5 Å². The minimum Gasteiger partial charge on any atom is -0.493 e. The molecule has 0 aliphatic heterocycles. The zero-order chi connectivity index (χ0) is 18.8. The Morgan fingerprint density at radius 1 is 1.12 bits per heavy atom. The Labute approximate surface area is 152 Å². The third kappa shape index (κ3) is 5.47. The molecule has 7 nitrogen and oxygen atoms in total. The smallest absolute Gasteiger partial charge is 0.294 e. The molecule has 0 spiro atoms. The number of benzene rings is 2. The van der Waals surface area contributed by atoms with Crippen LogP contribution in [0.1, 0.15) is 32.3 Å². The third-order valence-corrected chi connectivity index (χ3v) is 3.41. The largest absolute Gasteiger partial charge is 0.493 e. The van der Waals surface area contributed by atoms with Crippen LogP contribution in [0.15, 0.2) is 47.6 Å². The number of nitrogens with one attached hydrogen (secondary N) is 1. The van der Waals surface area contributed by atoms with Crippen LogP contribution in [0.4, 0.5) is 11.4 Å². The van der Waals surface area contributed by atoms with Crippen LogP contribution in [0.25, 0.3) is 0 Å². The normalized spacial score (nSPS) is 10.7. The van der Waals surface area contributed by atoms with Crippen molar-refractivity contribution in [1.82, 2.24) is 0 Å². The predicted molar refractivity (Wildman–Crippen MR) is 102 cm³/mol. The Bertz CT molecular complexity index is 762. The highest BCUT2D eigenvalue weighted by atomic mass is 16.6. The van der Waals surface area contributed by atoms with Crippen LogP contribution in [-0.2, 0) is 0 Å². The van der Waals surface area contributed by atoms with Crippen LogP contribution in [0.5, 0.6) is 11.5 Å². The van der Waals surface area contributed by atoms with E-state index in [-0.39, 0.29) is 5.69 Å². The lowest BCUT2D eigenvalue weighted by molar-refractivity contribution is -0.384. The standard InChI is InChI=1S/C19H23N3O4/c1-3-11-25-16-10-9-15(19(13-16)26-12-4-2)14-20-21-17-7-5-6-8-18(17)22(23)24/h5-10,13-14,21H,3-4,11-12H2,1-2H3. The molecule has 2 aromatic rings. The average molecular weight is 357 g/mol. The van der Waals surface area contributed by atoms with E-state index in [0.717, 1.165) is 24.2 Å². The van der Waals surface area contributed by atoms with Gasteiger partial charge in [0, 0.05) is 17.7 Å². The van der Waals surface area contributed by atoms with E-state index in [1.165, 1.54) is 6.07 Å².